The van der Waals surface area contributed by atoms with E-state index in [4.69, 9.17) is 33.3 Å². The summed E-state index contributed by atoms with van der Waals surface area (Å²) in [6.45, 7) is 21.7. The van der Waals surface area contributed by atoms with E-state index >= 15 is 4.39 Å². The molecule has 1 amide bonds. The highest BCUT2D eigenvalue weighted by Gasteiger charge is 2.50. The third-order valence-electron chi connectivity index (χ3n) is 14.9. The Morgan fingerprint density at radius 1 is 0.955 bits per heavy atom. The number of amides is 1. The molecule has 3 aromatic carbocycles. The summed E-state index contributed by atoms with van der Waals surface area (Å²) in [6.07, 6.45) is 4.35. The molecule has 11 nitrogen and oxygen atoms in total. The quantitative estimate of drug-likeness (QED) is 0.0723. The number of benzene rings is 3. The lowest BCUT2D eigenvalue weighted by Crippen LogP contribution is -2.57. The fraction of sp³-hybridized carbons (Fsp3) is 0.558. The zero-order valence-electron chi connectivity index (χ0n) is 40.2. The normalized spacial score (nSPS) is 22.3. The van der Waals surface area contributed by atoms with Crippen LogP contribution in [0, 0.1) is 17.3 Å². The second-order valence-electron chi connectivity index (χ2n) is 21.0. The predicted molar refractivity (Wildman–Crippen MR) is 258 cm³/mol. The molecule has 4 aliphatic rings. The van der Waals surface area contributed by atoms with Gasteiger partial charge in [0, 0.05) is 43.9 Å². The lowest BCUT2D eigenvalue weighted by atomic mass is 9.91. The first-order valence-electron chi connectivity index (χ1n) is 23.8. The zero-order chi connectivity index (χ0) is 46.9. The van der Waals surface area contributed by atoms with Gasteiger partial charge in [-0.15, -0.1) is 5.54 Å². The first-order chi connectivity index (χ1) is 31.4. The molecule has 352 valence electrons. The number of hydrogen-bond donors (Lipinski definition) is 0. The van der Waals surface area contributed by atoms with Gasteiger partial charge in [0.1, 0.15) is 49.4 Å². The van der Waals surface area contributed by atoms with Crippen molar-refractivity contribution in [1.29, 1.82) is 0 Å². The van der Waals surface area contributed by atoms with Crippen LogP contribution >= 0.6 is 0 Å². The average Bonchev–Trinajstić information content (AvgIpc) is 4.02. The van der Waals surface area contributed by atoms with Gasteiger partial charge >= 0.3 is 12.1 Å². The van der Waals surface area contributed by atoms with E-state index in [1.165, 1.54) is 6.07 Å². The summed E-state index contributed by atoms with van der Waals surface area (Å²) < 4.78 is 62.0. The van der Waals surface area contributed by atoms with Crippen LogP contribution in [0.15, 0.2) is 47.1 Å². The van der Waals surface area contributed by atoms with Crippen molar-refractivity contribution >= 4 is 52.6 Å². The molecule has 0 radical (unpaired) electrons. The molecule has 0 spiro atoms. The average molecular weight is 922 g/mol. The topological polar surface area (TPSA) is 103 Å². The number of methoxy groups -OCH3 is 1. The van der Waals surface area contributed by atoms with Crippen molar-refractivity contribution in [1.82, 2.24) is 19.8 Å². The van der Waals surface area contributed by atoms with Gasteiger partial charge in [-0.05, 0) is 116 Å². The highest BCUT2D eigenvalue weighted by molar-refractivity contribution is 6.90. The predicted octanol–water partition coefficient (Wildman–Crippen LogP) is 11.4. The van der Waals surface area contributed by atoms with E-state index in [1.807, 2.05) is 49.9 Å². The summed E-state index contributed by atoms with van der Waals surface area (Å²) in [7, 11) is -0.700. The molecule has 0 saturated carbocycles. The first-order valence-corrected chi connectivity index (χ1v) is 26.1. The number of anilines is 1. The number of aromatic nitrogens is 2. The Bertz CT molecular complexity index is 2690. The van der Waals surface area contributed by atoms with E-state index in [1.54, 1.807) is 19.4 Å². The van der Waals surface area contributed by atoms with Crippen LogP contribution < -0.4 is 14.4 Å². The Morgan fingerprint density at radius 2 is 1.68 bits per heavy atom. The van der Waals surface area contributed by atoms with Crippen molar-refractivity contribution in [3.05, 3.63) is 54.0 Å². The van der Waals surface area contributed by atoms with Crippen molar-refractivity contribution in [2.75, 3.05) is 51.6 Å². The monoisotopic (exact) mass is 921 g/mol. The van der Waals surface area contributed by atoms with Crippen molar-refractivity contribution in [3.8, 4) is 34.4 Å². The number of rotatable bonds is 11. The van der Waals surface area contributed by atoms with E-state index < -0.39 is 31.2 Å². The standard InChI is InChI=1S/C52H65F2N5O6Si/c1-31(2)66(32(3)4,33(5)6)21-17-40-43(54)15-12-34-22-38(64-30-61-10)23-42(45(34)40)41-24-44-46(47-39(41)16-20-62-47)48(56-49(55-44)63-29-52-18-11-19-58(52)26-35(53)25-52)57-27-36-13-14-37(28-57)59(36)50(60)65-51(7,8)9/h12,15-16,20,22-24,31-33,35-37H,11,13-14,18-19,25-30H2,1-10H3/t35-,36?,37?,52+/m1/s1. The molecule has 2 bridgehead atoms. The van der Waals surface area contributed by atoms with Crippen LogP contribution in [0.4, 0.5) is 19.4 Å². The van der Waals surface area contributed by atoms with Crippen molar-refractivity contribution in [2.24, 2.45) is 0 Å². The Hall–Kier alpha value is -4.97. The smallest absolute Gasteiger partial charge is 0.410 e. The molecule has 6 heterocycles. The summed E-state index contributed by atoms with van der Waals surface area (Å²) >= 11 is 0. The van der Waals surface area contributed by atoms with Gasteiger partial charge in [0.15, 0.2) is 6.79 Å². The van der Waals surface area contributed by atoms with Crippen LogP contribution in [0.25, 0.3) is 43.8 Å². The second kappa shape index (κ2) is 17.6. The van der Waals surface area contributed by atoms with Gasteiger partial charge in [-0.25, -0.2) is 13.6 Å². The van der Waals surface area contributed by atoms with E-state index in [2.05, 4.69) is 62.8 Å². The number of alkyl halides is 1. The van der Waals surface area contributed by atoms with Gasteiger partial charge < -0.3 is 28.3 Å². The van der Waals surface area contributed by atoms with E-state index in [9.17, 15) is 9.18 Å². The molecular weight excluding hydrogens is 857 g/mol. The third-order valence-corrected chi connectivity index (χ3v) is 21.2. The minimum Gasteiger partial charge on any atom is -0.468 e. The number of ether oxygens (including phenoxy) is 4. The largest absolute Gasteiger partial charge is 0.468 e. The molecule has 4 aliphatic heterocycles. The summed E-state index contributed by atoms with van der Waals surface area (Å²) in [5.41, 5.74) is 6.72. The molecule has 0 N–H and O–H groups in total. The summed E-state index contributed by atoms with van der Waals surface area (Å²) in [5, 5.41) is 2.91. The number of carbonyl (C=O) groups is 1. The van der Waals surface area contributed by atoms with Crippen LogP contribution in [0.2, 0.25) is 16.6 Å². The van der Waals surface area contributed by atoms with Gasteiger partial charge in [-0.1, -0.05) is 53.5 Å². The van der Waals surface area contributed by atoms with Crippen LogP contribution in [-0.4, -0.2) is 110 Å². The van der Waals surface area contributed by atoms with E-state index in [0.717, 1.165) is 48.6 Å². The highest BCUT2D eigenvalue weighted by atomic mass is 28.3. The number of fused-ring (bicyclic) bond motifs is 7. The summed E-state index contributed by atoms with van der Waals surface area (Å²) in [5.74, 6) is 4.27. The molecule has 4 atom stereocenters. The summed E-state index contributed by atoms with van der Waals surface area (Å²) in [4.78, 5) is 30.2. The van der Waals surface area contributed by atoms with Crippen LogP contribution in [0.5, 0.6) is 11.8 Å². The summed E-state index contributed by atoms with van der Waals surface area (Å²) in [6, 6.07) is 11.0. The number of halogens is 2. The van der Waals surface area contributed by atoms with E-state index in [-0.39, 0.29) is 37.6 Å². The lowest BCUT2D eigenvalue weighted by Gasteiger charge is -2.42. The zero-order valence-corrected chi connectivity index (χ0v) is 41.2. The minimum absolute atomic E-state index is 0.0193. The maximum Gasteiger partial charge on any atom is 0.410 e. The minimum atomic E-state index is -2.27. The van der Waals surface area contributed by atoms with Gasteiger partial charge in [-0.2, -0.15) is 9.97 Å². The molecule has 9 rings (SSSR count). The van der Waals surface area contributed by atoms with E-state index in [0.29, 0.717) is 87.2 Å². The Balaban J connectivity index is 1.24. The van der Waals surface area contributed by atoms with Crippen molar-refractivity contribution in [2.45, 2.75) is 140 Å². The number of furan rings is 1. The SMILES string of the molecule is COCOc1cc(-c2cc3nc(OC[C@@]45CCCN4C[C@H](F)C5)nc(N4CC5CCC(C4)N5C(=O)OC(C)(C)C)c3c3occc23)c2c(C#C[Si](C(C)C)(C(C)C)C(C)C)c(F)ccc2c1. The molecular formula is C52H65F2N5O6Si. The van der Waals surface area contributed by atoms with Crippen molar-refractivity contribution < 1.29 is 36.9 Å². The third kappa shape index (κ3) is 8.16. The number of nitrogens with zero attached hydrogens (tertiary/aromatic N) is 5. The fourth-order valence-electron chi connectivity index (χ4n) is 12.1. The molecule has 14 heteroatoms. The molecule has 4 fully saturated rings. The molecule has 5 aromatic rings. The maximum absolute atomic E-state index is 16.6. The van der Waals surface area contributed by atoms with Gasteiger partial charge in [0.25, 0.3) is 0 Å². The Labute approximate surface area is 388 Å². The maximum atomic E-state index is 16.6. The molecule has 2 aromatic heterocycles. The number of carbonyl (C=O) groups excluding carboxylic acids is 1. The fourth-order valence-corrected chi connectivity index (χ4v) is 17.3. The van der Waals surface area contributed by atoms with Crippen LogP contribution in [-0.2, 0) is 9.47 Å². The molecule has 66 heavy (non-hydrogen) atoms. The first kappa shape index (κ1) is 46.2. The van der Waals surface area contributed by atoms with Crippen molar-refractivity contribution in [3.63, 3.8) is 0 Å². The van der Waals surface area contributed by atoms with Crippen LogP contribution in [0.3, 0.4) is 0 Å². The highest BCUT2D eigenvalue weighted by Crippen LogP contribution is 2.47. The second-order valence-corrected chi connectivity index (χ2v) is 26.6. The molecule has 2 unspecified atom stereocenters. The number of hydrogen-bond acceptors (Lipinski definition) is 10. The van der Waals surface area contributed by atoms with Gasteiger partial charge in [0.2, 0.25) is 0 Å². The Kier molecular flexibility index (Phi) is 12.3. The molecule has 0 aliphatic carbocycles. The van der Waals surface area contributed by atoms with Gasteiger partial charge in [0.05, 0.1) is 40.4 Å². The number of piperazine rings is 1. The lowest BCUT2D eigenvalue weighted by molar-refractivity contribution is 0.0122. The van der Waals surface area contributed by atoms with Gasteiger partial charge in [-0.3, -0.25) is 9.80 Å². The van der Waals surface area contributed by atoms with Crippen LogP contribution in [0.1, 0.15) is 100.0 Å². The molecule has 4 saturated heterocycles. The Morgan fingerprint density at radius 3 is 2.36 bits per heavy atom.